The van der Waals surface area contributed by atoms with E-state index in [0.717, 1.165) is 11.5 Å². The van der Waals surface area contributed by atoms with Crippen molar-refractivity contribution in [3.8, 4) is 0 Å². The molecule has 6 rings (SSSR count). The molecule has 6 aromatic rings. The minimum atomic E-state index is -0.327. The molecule has 3 heteroatoms. The number of rotatable bonds is 8. The maximum Gasteiger partial charge on any atom is 0.00773 e. The van der Waals surface area contributed by atoms with Crippen molar-refractivity contribution in [2.24, 2.45) is 0 Å². The summed E-state index contributed by atoms with van der Waals surface area (Å²) in [5, 5.41) is 0. The predicted molar refractivity (Wildman–Crippen MR) is 181 cm³/mol. The van der Waals surface area contributed by atoms with Gasteiger partial charge in [-0.3, -0.25) is 0 Å². The molecule has 0 aliphatic rings. The molecule has 0 amide bonds. The Morgan fingerprint density at radius 1 is 0.268 bits per heavy atom. The second kappa shape index (κ2) is 16.3. The van der Waals surface area contributed by atoms with Gasteiger partial charge >= 0.3 is 0 Å². The summed E-state index contributed by atoms with van der Waals surface area (Å²) < 4.78 is 0. The zero-order valence-corrected chi connectivity index (χ0v) is 24.9. The van der Waals surface area contributed by atoms with Gasteiger partial charge in [-0.05, 0) is 79.2 Å². The molecule has 0 aromatic heterocycles. The van der Waals surface area contributed by atoms with Crippen LogP contribution in [-0.2, 0) is 11.5 Å². The minimum Gasteiger partial charge on any atom is -0.412 e. The first-order valence-corrected chi connectivity index (χ1v) is 16.8. The van der Waals surface area contributed by atoms with E-state index in [1.807, 2.05) is 0 Å². The molecule has 0 heterocycles. The Morgan fingerprint density at radius 2 is 0.463 bits per heavy atom. The molecule has 41 heavy (non-hydrogen) atoms. The van der Waals surface area contributed by atoms with Crippen molar-refractivity contribution < 1.29 is 5.48 Å². The molecule has 0 unspecified atom stereocenters. The van der Waals surface area contributed by atoms with Crippen LogP contribution in [0.15, 0.2) is 202 Å². The molecule has 0 fully saturated rings. The van der Waals surface area contributed by atoms with E-state index in [9.17, 15) is 0 Å². The lowest BCUT2D eigenvalue weighted by molar-refractivity contribution is 0.824. The maximum absolute atomic E-state index is 2.25. The highest BCUT2D eigenvalue weighted by Crippen LogP contribution is 2.47. The van der Waals surface area contributed by atoms with E-state index in [1.165, 1.54) is 30.7 Å². The number of benzene rings is 6. The van der Waals surface area contributed by atoms with Crippen molar-refractivity contribution in [1.29, 1.82) is 0 Å². The van der Waals surface area contributed by atoms with E-state index in [2.05, 4.69) is 182 Å². The van der Waals surface area contributed by atoms with E-state index >= 15 is 0 Å². The van der Waals surface area contributed by atoms with E-state index in [1.54, 1.807) is 0 Å². The Kier molecular flexibility index (Phi) is 11.9. The Bertz CT molecular complexity index is 1310. The smallest absolute Gasteiger partial charge is 0.00773 e. The molecule has 6 aromatic carbocycles. The van der Waals surface area contributed by atoms with Gasteiger partial charge in [0.05, 0.1) is 0 Å². The Balaban J connectivity index is 0.000000184. The van der Waals surface area contributed by atoms with Crippen LogP contribution < -0.4 is 0 Å². The summed E-state index contributed by atoms with van der Waals surface area (Å²) >= 11 is 0. The van der Waals surface area contributed by atoms with Crippen LogP contribution in [0.25, 0.3) is 0 Å². The molecule has 0 aliphatic heterocycles. The molecule has 2 N–H and O–H groups in total. The molecule has 0 aliphatic carbocycles. The second-order valence-corrected chi connectivity index (χ2v) is 13.9. The highest BCUT2D eigenvalue weighted by atomic mass is 32.2. The number of hydrogen-bond donors (Lipinski definition) is 2. The second-order valence-electron chi connectivity index (χ2n) is 9.49. The average Bonchev–Trinajstić information content (AvgIpc) is 3.05. The standard InChI is InChI=1S/2C19H18S.H2O/c2*1-4-10-17(11-5-1)16-20(18-12-6-2-7-13-18)19-14-8-3-9-15-19;/h2*1-15,20H,16H2;1H2. The van der Waals surface area contributed by atoms with Crippen LogP contribution in [-0.4, -0.2) is 5.48 Å². The molecule has 0 atom stereocenters. The van der Waals surface area contributed by atoms with Gasteiger partial charge in [0.1, 0.15) is 0 Å². The van der Waals surface area contributed by atoms with Gasteiger partial charge in [-0.15, -0.1) is 0 Å². The van der Waals surface area contributed by atoms with Gasteiger partial charge in [0.2, 0.25) is 0 Å². The Morgan fingerprint density at radius 3 is 0.683 bits per heavy atom. The van der Waals surface area contributed by atoms with Gasteiger partial charge in [-0.2, -0.15) is 21.8 Å². The fourth-order valence-electron chi connectivity index (χ4n) is 4.63. The van der Waals surface area contributed by atoms with Crippen LogP contribution in [0.5, 0.6) is 0 Å². The normalized spacial score (nSPS) is 10.8. The maximum atomic E-state index is 2.25. The lowest BCUT2D eigenvalue weighted by atomic mass is 10.2. The van der Waals surface area contributed by atoms with E-state index in [4.69, 9.17) is 0 Å². The van der Waals surface area contributed by atoms with Gasteiger partial charge < -0.3 is 5.48 Å². The van der Waals surface area contributed by atoms with Gasteiger partial charge in [0.25, 0.3) is 0 Å². The van der Waals surface area contributed by atoms with Crippen molar-refractivity contribution in [3.63, 3.8) is 0 Å². The third-order valence-corrected chi connectivity index (χ3v) is 11.7. The van der Waals surface area contributed by atoms with Crippen LogP contribution >= 0.6 is 21.8 Å². The fourth-order valence-corrected chi connectivity index (χ4v) is 9.23. The summed E-state index contributed by atoms with van der Waals surface area (Å²) in [4.78, 5) is 5.77. The third-order valence-electron chi connectivity index (χ3n) is 6.64. The molecular formula is C38H38OS2. The Hall–Kier alpha value is -4.02. The molecule has 208 valence electrons. The van der Waals surface area contributed by atoms with E-state index in [0.29, 0.717) is 0 Å². The highest BCUT2D eigenvalue weighted by Gasteiger charge is 2.11. The first-order valence-electron chi connectivity index (χ1n) is 13.7. The summed E-state index contributed by atoms with van der Waals surface area (Å²) in [6.45, 7) is 0. The lowest BCUT2D eigenvalue weighted by Crippen LogP contribution is -1.91. The van der Waals surface area contributed by atoms with Crippen molar-refractivity contribution in [1.82, 2.24) is 0 Å². The Labute approximate surface area is 250 Å². The summed E-state index contributed by atoms with van der Waals surface area (Å²) in [6.07, 6.45) is 0. The zero-order valence-electron chi connectivity index (χ0n) is 23.1. The van der Waals surface area contributed by atoms with Crippen molar-refractivity contribution >= 4 is 21.8 Å². The molecule has 0 spiro atoms. The first-order chi connectivity index (χ1) is 19.9. The van der Waals surface area contributed by atoms with E-state index in [-0.39, 0.29) is 27.3 Å². The lowest BCUT2D eigenvalue weighted by Gasteiger charge is -2.22. The number of thiol groups is 2. The SMILES string of the molecule is O.c1ccc(C[SH](c2ccccc2)c2ccccc2)cc1.c1ccc(C[SH](c2ccccc2)c2ccccc2)cc1. The average molecular weight is 575 g/mol. The number of hydrogen-bond acceptors (Lipinski definition) is 0. The monoisotopic (exact) mass is 574 g/mol. The van der Waals surface area contributed by atoms with Crippen molar-refractivity contribution in [3.05, 3.63) is 193 Å². The van der Waals surface area contributed by atoms with Gasteiger partial charge in [0, 0.05) is 11.5 Å². The van der Waals surface area contributed by atoms with Crippen molar-refractivity contribution in [2.45, 2.75) is 31.1 Å². The van der Waals surface area contributed by atoms with Gasteiger partial charge in [-0.1, -0.05) is 133 Å². The van der Waals surface area contributed by atoms with Crippen LogP contribution in [0.1, 0.15) is 11.1 Å². The fraction of sp³-hybridized carbons (Fsp3) is 0.0526. The molecule has 1 nitrogen and oxygen atoms in total. The third kappa shape index (κ3) is 8.99. The minimum absolute atomic E-state index is 0. The molecule has 0 saturated carbocycles. The zero-order chi connectivity index (χ0) is 27.2. The van der Waals surface area contributed by atoms with Crippen LogP contribution in [0.4, 0.5) is 0 Å². The molecule has 0 saturated heterocycles. The quantitative estimate of drug-likeness (QED) is 0.170. The van der Waals surface area contributed by atoms with Crippen molar-refractivity contribution in [2.75, 3.05) is 0 Å². The summed E-state index contributed by atoms with van der Waals surface area (Å²) in [5.41, 5.74) is 2.82. The van der Waals surface area contributed by atoms with Gasteiger partial charge in [0.15, 0.2) is 0 Å². The topological polar surface area (TPSA) is 31.5 Å². The molecular weight excluding hydrogens is 537 g/mol. The highest BCUT2D eigenvalue weighted by molar-refractivity contribution is 8.16. The van der Waals surface area contributed by atoms with Gasteiger partial charge in [-0.25, -0.2) is 0 Å². The molecule has 0 radical (unpaired) electrons. The summed E-state index contributed by atoms with van der Waals surface area (Å²) in [5.74, 6) is 2.20. The largest absolute Gasteiger partial charge is 0.412 e. The van der Waals surface area contributed by atoms with Crippen LogP contribution in [0.2, 0.25) is 0 Å². The van der Waals surface area contributed by atoms with Crippen LogP contribution in [0.3, 0.4) is 0 Å². The summed E-state index contributed by atoms with van der Waals surface area (Å²) in [7, 11) is -0.654. The first kappa shape index (κ1) is 30.0. The summed E-state index contributed by atoms with van der Waals surface area (Å²) in [6, 6.07) is 65.0. The molecule has 0 bridgehead atoms. The van der Waals surface area contributed by atoms with Crippen LogP contribution in [0, 0.1) is 0 Å². The predicted octanol–water partition coefficient (Wildman–Crippen LogP) is 9.79. The van der Waals surface area contributed by atoms with E-state index < -0.39 is 0 Å².